The van der Waals surface area contributed by atoms with Gasteiger partial charge in [-0.25, -0.2) is 0 Å². The zero-order chi connectivity index (χ0) is 13.1. The molecule has 96 valence electrons. The molecule has 1 aromatic rings. The van der Waals surface area contributed by atoms with Crippen molar-refractivity contribution in [1.29, 1.82) is 0 Å². The number of hydrogen-bond acceptors (Lipinski definition) is 3. The summed E-state index contributed by atoms with van der Waals surface area (Å²) in [6.07, 6.45) is 1.29. The van der Waals surface area contributed by atoms with E-state index < -0.39 is 0 Å². The number of aryl methyl sites for hydroxylation is 1. The number of likely N-dealkylation sites (tertiary alicyclic amines) is 1. The van der Waals surface area contributed by atoms with Gasteiger partial charge in [-0.05, 0) is 34.5 Å². The highest BCUT2D eigenvalue weighted by molar-refractivity contribution is 9.10. The van der Waals surface area contributed by atoms with Crippen LogP contribution >= 0.6 is 15.9 Å². The van der Waals surface area contributed by atoms with Gasteiger partial charge >= 0.3 is 0 Å². The average Bonchev–Trinajstić information content (AvgIpc) is 2.41. The number of nitrogens with zero attached hydrogens (tertiary/aromatic N) is 2. The van der Waals surface area contributed by atoms with Crippen molar-refractivity contribution < 1.29 is 10.0 Å². The van der Waals surface area contributed by atoms with Crippen LogP contribution < -0.4 is 0 Å². The lowest BCUT2D eigenvalue weighted by atomic mass is 10.1. The summed E-state index contributed by atoms with van der Waals surface area (Å²) in [4.78, 5) is 14.2. The molecule has 0 saturated carbocycles. The summed E-state index contributed by atoms with van der Waals surface area (Å²) in [7, 11) is 0. The molecule has 1 aromatic carbocycles. The molecule has 1 fully saturated rings. The number of carbonyl (C=O) groups is 1. The van der Waals surface area contributed by atoms with Gasteiger partial charge in [-0.1, -0.05) is 17.3 Å². The lowest BCUT2D eigenvalue weighted by molar-refractivity contribution is 0.0752. The second kappa shape index (κ2) is 5.52. The van der Waals surface area contributed by atoms with Gasteiger partial charge in [0.05, 0.1) is 11.3 Å². The number of hydrogen-bond donors (Lipinski definition) is 1. The zero-order valence-corrected chi connectivity index (χ0v) is 11.8. The number of oxime groups is 1. The fourth-order valence-corrected chi connectivity index (χ4v) is 2.48. The molecule has 1 amide bonds. The number of piperidine rings is 1. The lowest BCUT2D eigenvalue weighted by Gasteiger charge is -2.27. The Labute approximate surface area is 114 Å². The first-order valence-corrected chi connectivity index (χ1v) is 6.67. The molecule has 0 unspecified atom stereocenters. The van der Waals surface area contributed by atoms with Crippen molar-refractivity contribution >= 4 is 27.5 Å². The highest BCUT2D eigenvalue weighted by atomic mass is 79.9. The molecule has 0 aromatic heterocycles. The summed E-state index contributed by atoms with van der Waals surface area (Å²) in [5.41, 5.74) is 2.51. The summed E-state index contributed by atoms with van der Waals surface area (Å²) < 4.78 is 0.858. The van der Waals surface area contributed by atoms with Crippen LogP contribution in [0.3, 0.4) is 0 Å². The largest absolute Gasteiger partial charge is 0.411 e. The molecule has 0 aliphatic carbocycles. The molecule has 1 N–H and O–H groups in total. The minimum absolute atomic E-state index is 0.0302. The van der Waals surface area contributed by atoms with Crippen molar-refractivity contribution in [3.05, 3.63) is 33.8 Å². The topological polar surface area (TPSA) is 52.9 Å². The van der Waals surface area contributed by atoms with E-state index in [1.807, 2.05) is 25.1 Å². The minimum atomic E-state index is 0.0302. The predicted octanol–water partition coefficient (Wildman–Crippen LogP) is 2.82. The lowest BCUT2D eigenvalue weighted by Crippen LogP contribution is -2.38. The Balaban J connectivity index is 2.15. The number of benzene rings is 1. The molecule has 0 spiro atoms. The summed E-state index contributed by atoms with van der Waals surface area (Å²) >= 11 is 3.46. The van der Waals surface area contributed by atoms with Crippen LogP contribution in [0.5, 0.6) is 0 Å². The van der Waals surface area contributed by atoms with Gasteiger partial charge in [-0.2, -0.15) is 0 Å². The third kappa shape index (κ3) is 2.56. The van der Waals surface area contributed by atoms with Gasteiger partial charge in [0.15, 0.2) is 0 Å². The highest BCUT2D eigenvalue weighted by Gasteiger charge is 2.22. The van der Waals surface area contributed by atoms with Crippen LogP contribution in [0.2, 0.25) is 0 Å². The molecule has 1 aliphatic rings. The molecule has 1 heterocycles. The maximum Gasteiger partial charge on any atom is 0.255 e. The molecule has 1 saturated heterocycles. The third-order valence-corrected chi connectivity index (χ3v) is 4.24. The van der Waals surface area contributed by atoms with Gasteiger partial charge in [-0.15, -0.1) is 0 Å². The second-order valence-electron chi connectivity index (χ2n) is 4.39. The van der Waals surface area contributed by atoms with E-state index in [4.69, 9.17) is 5.21 Å². The second-order valence-corrected chi connectivity index (χ2v) is 5.19. The fourth-order valence-electron chi connectivity index (χ4n) is 2.05. The number of halogens is 1. The van der Waals surface area contributed by atoms with Crippen molar-refractivity contribution in [2.24, 2.45) is 5.16 Å². The van der Waals surface area contributed by atoms with E-state index in [2.05, 4.69) is 21.1 Å². The third-order valence-electron chi connectivity index (χ3n) is 3.19. The van der Waals surface area contributed by atoms with Crippen molar-refractivity contribution in [1.82, 2.24) is 4.90 Å². The molecular weight excluding hydrogens is 296 g/mol. The van der Waals surface area contributed by atoms with Crippen molar-refractivity contribution in [2.75, 3.05) is 13.1 Å². The van der Waals surface area contributed by atoms with E-state index in [1.54, 1.807) is 4.90 Å². The van der Waals surface area contributed by atoms with Gasteiger partial charge in [0.1, 0.15) is 0 Å². The standard InChI is InChI=1S/C13H15BrN2O2/c1-9-3-2-4-11(12(9)14)13(17)16-7-5-10(15-18)6-8-16/h2-4,18H,5-8H2,1H3. The summed E-state index contributed by atoms with van der Waals surface area (Å²) in [5, 5.41) is 11.9. The normalized spacial score (nSPS) is 15.7. The molecule has 1 aliphatic heterocycles. The molecule has 0 atom stereocenters. The van der Waals surface area contributed by atoms with E-state index in [9.17, 15) is 4.79 Å². The van der Waals surface area contributed by atoms with Gasteiger partial charge in [0.25, 0.3) is 5.91 Å². The van der Waals surface area contributed by atoms with E-state index in [0.717, 1.165) is 15.7 Å². The monoisotopic (exact) mass is 310 g/mol. The maximum absolute atomic E-state index is 12.4. The number of amides is 1. The molecule has 5 heteroatoms. The summed E-state index contributed by atoms with van der Waals surface area (Å²) in [6, 6.07) is 5.68. The first-order chi connectivity index (χ1) is 8.63. The summed E-state index contributed by atoms with van der Waals surface area (Å²) in [6.45, 7) is 3.19. The van der Waals surface area contributed by atoms with Gasteiger partial charge in [0.2, 0.25) is 0 Å². The first-order valence-electron chi connectivity index (χ1n) is 5.87. The van der Waals surface area contributed by atoms with E-state index >= 15 is 0 Å². The van der Waals surface area contributed by atoms with E-state index in [1.165, 1.54) is 0 Å². The van der Waals surface area contributed by atoms with Crippen LogP contribution in [0.15, 0.2) is 27.8 Å². The molecule has 4 nitrogen and oxygen atoms in total. The van der Waals surface area contributed by atoms with Crippen molar-refractivity contribution in [3.63, 3.8) is 0 Å². The Morgan fingerprint density at radius 3 is 2.67 bits per heavy atom. The van der Waals surface area contributed by atoms with E-state index in [-0.39, 0.29) is 5.91 Å². The highest BCUT2D eigenvalue weighted by Crippen LogP contribution is 2.23. The smallest absolute Gasteiger partial charge is 0.255 e. The average molecular weight is 311 g/mol. The van der Waals surface area contributed by atoms with Crippen molar-refractivity contribution in [3.8, 4) is 0 Å². The van der Waals surface area contributed by atoms with E-state index in [0.29, 0.717) is 31.5 Å². The van der Waals surface area contributed by atoms with Gasteiger partial charge in [-0.3, -0.25) is 4.79 Å². The van der Waals surface area contributed by atoms with Crippen LogP contribution in [0.4, 0.5) is 0 Å². The van der Waals surface area contributed by atoms with Crippen molar-refractivity contribution in [2.45, 2.75) is 19.8 Å². The maximum atomic E-state index is 12.4. The fraction of sp³-hybridized carbons (Fsp3) is 0.385. The van der Waals surface area contributed by atoms with Crippen LogP contribution in [0.1, 0.15) is 28.8 Å². The molecule has 0 radical (unpaired) electrons. The Kier molecular flexibility index (Phi) is 4.01. The van der Waals surface area contributed by atoms with Gasteiger partial charge in [0, 0.05) is 30.4 Å². The zero-order valence-electron chi connectivity index (χ0n) is 10.2. The van der Waals surface area contributed by atoms with Gasteiger partial charge < -0.3 is 10.1 Å². The SMILES string of the molecule is Cc1cccc(C(=O)N2CCC(=NO)CC2)c1Br. The molecule has 2 rings (SSSR count). The van der Waals surface area contributed by atoms with Crippen LogP contribution in [0, 0.1) is 6.92 Å². The Morgan fingerprint density at radius 1 is 1.39 bits per heavy atom. The quantitative estimate of drug-likeness (QED) is 0.640. The first kappa shape index (κ1) is 13.1. The predicted molar refractivity (Wildman–Crippen MR) is 73.2 cm³/mol. The summed E-state index contributed by atoms with van der Waals surface area (Å²) in [5.74, 6) is 0.0302. The molecular formula is C13H15BrN2O2. The Bertz CT molecular complexity index is 490. The van der Waals surface area contributed by atoms with Crippen LogP contribution in [-0.2, 0) is 0 Å². The number of carbonyl (C=O) groups excluding carboxylic acids is 1. The minimum Gasteiger partial charge on any atom is -0.411 e. The molecule has 18 heavy (non-hydrogen) atoms. The molecule has 0 bridgehead atoms. The van der Waals surface area contributed by atoms with Crippen LogP contribution in [0.25, 0.3) is 0 Å². The Hall–Kier alpha value is -1.36. The Morgan fingerprint density at radius 2 is 2.06 bits per heavy atom. The number of rotatable bonds is 1. The van der Waals surface area contributed by atoms with Crippen LogP contribution in [-0.4, -0.2) is 34.8 Å².